The highest BCUT2D eigenvalue weighted by molar-refractivity contribution is 5.12. The molecule has 0 amide bonds. The van der Waals surface area contributed by atoms with Gasteiger partial charge in [0.25, 0.3) is 0 Å². The second kappa shape index (κ2) is 4.59. The predicted molar refractivity (Wildman–Crippen MR) is 65.9 cm³/mol. The van der Waals surface area contributed by atoms with Crippen LogP contribution in [0.4, 0.5) is 0 Å². The molecule has 1 N–H and O–H groups in total. The van der Waals surface area contributed by atoms with Crippen molar-refractivity contribution in [3.63, 3.8) is 0 Å². The maximum Gasteiger partial charge on any atom is 0.107 e. The monoisotopic (exact) mass is 218 g/mol. The van der Waals surface area contributed by atoms with Gasteiger partial charge in [-0.1, -0.05) is 18.9 Å². The van der Waals surface area contributed by atoms with E-state index in [2.05, 4.69) is 18.0 Å². The third kappa shape index (κ3) is 2.15. The van der Waals surface area contributed by atoms with Crippen LogP contribution in [-0.4, -0.2) is 12.1 Å². The van der Waals surface area contributed by atoms with Crippen molar-refractivity contribution < 1.29 is 0 Å². The van der Waals surface area contributed by atoms with Crippen molar-refractivity contribution in [1.82, 2.24) is 5.32 Å². The summed E-state index contributed by atoms with van der Waals surface area (Å²) >= 11 is 0. The van der Waals surface area contributed by atoms with Crippen molar-refractivity contribution in [1.29, 1.82) is 5.26 Å². The van der Waals surface area contributed by atoms with Gasteiger partial charge in [-0.15, -0.1) is 6.58 Å². The molecule has 2 saturated carbocycles. The minimum atomic E-state index is -0.262. The Morgan fingerprint density at radius 2 is 1.75 bits per heavy atom. The molecule has 0 atom stereocenters. The Hall–Kier alpha value is -0.810. The van der Waals surface area contributed by atoms with Gasteiger partial charge in [-0.2, -0.15) is 5.26 Å². The summed E-state index contributed by atoms with van der Waals surface area (Å²) in [5, 5.41) is 12.7. The molecule has 0 aliphatic heterocycles. The quantitative estimate of drug-likeness (QED) is 0.739. The number of hydrogen-bond donors (Lipinski definition) is 1. The average Bonchev–Trinajstić information content (AvgIpc) is 2.78. The molecule has 0 bridgehead atoms. The van der Waals surface area contributed by atoms with E-state index in [0.29, 0.717) is 5.41 Å². The van der Waals surface area contributed by atoms with Gasteiger partial charge in [0.2, 0.25) is 0 Å². The van der Waals surface area contributed by atoms with E-state index in [1.54, 1.807) is 0 Å². The molecule has 2 heteroatoms. The van der Waals surface area contributed by atoms with Crippen LogP contribution >= 0.6 is 0 Å². The summed E-state index contributed by atoms with van der Waals surface area (Å²) in [4.78, 5) is 0. The van der Waals surface area contributed by atoms with Crippen LogP contribution in [-0.2, 0) is 0 Å². The first-order chi connectivity index (χ1) is 7.74. The van der Waals surface area contributed by atoms with E-state index in [0.717, 1.165) is 19.4 Å². The molecule has 2 rings (SSSR count). The van der Waals surface area contributed by atoms with Crippen LogP contribution < -0.4 is 5.32 Å². The molecule has 2 nitrogen and oxygen atoms in total. The predicted octanol–water partition coefficient (Wildman–Crippen LogP) is 3.16. The van der Waals surface area contributed by atoms with Gasteiger partial charge in [0.05, 0.1) is 6.07 Å². The molecule has 0 aromatic rings. The lowest BCUT2D eigenvalue weighted by Gasteiger charge is -2.41. The van der Waals surface area contributed by atoms with Crippen LogP contribution in [0.25, 0.3) is 0 Å². The Morgan fingerprint density at radius 3 is 2.25 bits per heavy atom. The highest BCUT2D eigenvalue weighted by atomic mass is 15.0. The fourth-order valence-corrected chi connectivity index (χ4v) is 3.43. The largest absolute Gasteiger partial charge is 0.296 e. The van der Waals surface area contributed by atoms with Crippen LogP contribution in [0.3, 0.4) is 0 Å². The molecule has 0 aromatic carbocycles. The van der Waals surface area contributed by atoms with Gasteiger partial charge < -0.3 is 0 Å². The molecule has 0 heterocycles. The zero-order chi connectivity index (χ0) is 11.5. The fraction of sp³-hybridized carbons (Fsp3) is 0.786. The smallest absolute Gasteiger partial charge is 0.107 e. The molecule has 88 valence electrons. The Kier molecular flexibility index (Phi) is 3.35. The van der Waals surface area contributed by atoms with Gasteiger partial charge in [0.1, 0.15) is 5.54 Å². The molecule has 16 heavy (non-hydrogen) atoms. The summed E-state index contributed by atoms with van der Waals surface area (Å²) in [5.41, 5.74) is 0.345. The molecule has 0 saturated heterocycles. The number of rotatable bonds is 3. The van der Waals surface area contributed by atoms with Gasteiger partial charge in [-0.25, -0.2) is 0 Å². The SMILES string of the molecule is C=CCNC1(C#N)CCC2(CCCC2)CC1. The highest BCUT2D eigenvalue weighted by Crippen LogP contribution is 2.50. The molecule has 0 unspecified atom stereocenters. The van der Waals surface area contributed by atoms with E-state index in [1.165, 1.54) is 38.5 Å². The minimum absolute atomic E-state index is 0.262. The maximum absolute atomic E-state index is 9.35. The van der Waals surface area contributed by atoms with Gasteiger partial charge in [-0.3, -0.25) is 5.32 Å². The molecule has 0 radical (unpaired) electrons. The number of hydrogen-bond acceptors (Lipinski definition) is 2. The lowest BCUT2D eigenvalue weighted by Crippen LogP contribution is -2.48. The molecular formula is C14H22N2. The molecule has 0 aromatic heterocycles. The average molecular weight is 218 g/mol. The van der Waals surface area contributed by atoms with Crippen molar-refractivity contribution in [2.45, 2.75) is 56.9 Å². The minimum Gasteiger partial charge on any atom is -0.296 e. The second-order valence-electron chi connectivity index (χ2n) is 5.57. The van der Waals surface area contributed by atoms with E-state index in [9.17, 15) is 5.26 Å². The molecule has 2 aliphatic carbocycles. The Balaban J connectivity index is 1.96. The third-order valence-electron chi connectivity index (χ3n) is 4.63. The van der Waals surface area contributed by atoms with Gasteiger partial charge in [-0.05, 0) is 43.9 Å². The summed E-state index contributed by atoms with van der Waals surface area (Å²) in [6.45, 7) is 4.46. The van der Waals surface area contributed by atoms with Crippen molar-refractivity contribution in [2.24, 2.45) is 5.41 Å². The van der Waals surface area contributed by atoms with Gasteiger partial charge >= 0.3 is 0 Å². The topological polar surface area (TPSA) is 35.8 Å². The maximum atomic E-state index is 9.35. The Morgan fingerprint density at radius 1 is 1.12 bits per heavy atom. The fourth-order valence-electron chi connectivity index (χ4n) is 3.43. The van der Waals surface area contributed by atoms with Crippen LogP contribution in [0.2, 0.25) is 0 Å². The summed E-state index contributed by atoms with van der Waals surface area (Å²) < 4.78 is 0. The van der Waals surface area contributed by atoms with Crippen molar-refractivity contribution in [2.75, 3.05) is 6.54 Å². The van der Waals surface area contributed by atoms with Crippen LogP contribution in [0.15, 0.2) is 12.7 Å². The van der Waals surface area contributed by atoms with Gasteiger partial charge in [0.15, 0.2) is 0 Å². The molecular weight excluding hydrogens is 196 g/mol. The Bertz CT molecular complexity index is 284. The molecule has 1 spiro atoms. The van der Waals surface area contributed by atoms with Crippen LogP contribution in [0.5, 0.6) is 0 Å². The summed E-state index contributed by atoms with van der Waals surface area (Å²) in [6, 6.07) is 2.50. The summed E-state index contributed by atoms with van der Waals surface area (Å²) in [5.74, 6) is 0. The standard InChI is InChI=1S/C14H22N2/c1-2-11-16-14(12-15)9-7-13(8-10-14)5-3-4-6-13/h2,16H,1,3-11H2. The first-order valence-electron chi connectivity index (χ1n) is 6.51. The number of nitrogens with one attached hydrogen (secondary N) is 1. The lowest BCUT2D eigenvalue weighted by molar-refractivity contribution is 0.142. The van der Waals surface area contributed by atoms with E-state index < -0.39 is 0 Å². The zero-order valence-electron chi connectivity index (χ0n) is 10.1. The van der Waals surface area contributed by atoms with E-state index in [4.69, 9.17) is 0 Å². The second-order valence-corrected chi connectivity index (χ2v) is 5.57. The first kappa shape index (κ1) is 11.7. The van der Waals surface area contributed by atoms with Crippen molar-refractivity contribution in [3.05, 3.63) is 12.7 Å². The summed E-state index contributed by atoms with van der Waals surface area (Å²) in [6.07, 6.45) is 12.0. The highest BCUT2D eigenvalue weighted by Gasteiger charge is 2.43. The van der Waals surface area contributed by atoms with Crippen molar-refractivity contribution in [3.8, 4) is 6.07 Å². The first-order valence-corrected chi connectivity index (χ1v) is 6.51. The summed E-state index contributed by atoms with van der Waals surface area (Å²) in [7, 11) is 0. The molecule has 2 fully saturated rings. The zero-order valence-corrected chi connectivity index (χ0v) is 10.1. The van der Waals surface area contributed by atoms with Gasteiger partial charge in [0, 0.05) is 6.54 Å². The normalized spacial score (nSPS) is 26.4. The van der Waals surface area contributed by atoms with Crippen molar-refractivity contribution >= 4 is 0 Å². The molecule has 2 aliphatic rings. The van der Waals surface area contributed by atoms with E-state index in [1.807, 2.05) is 6.08 Å². The Labute approximate surface area is 98.7 Å². The third-order valence-corrected chi connectivity index (χ3v) is 4.63. The number of nitrogens with zero attached hydrogens (tertiary/aromatic N) is 1. The number of nitriles is 1. The van der Waals surface area contributed by atoms with E-state index >= 15 is 0 Å². The van der Waals surface area contributed by atoms with Crippen LogP contribution in [0, 0.1) is 16.7 Å². The van der Waals surface area contributed by atoms with Crippen LogP contribution in [0.1, 0.15) is 51.4 Å². The van der Waals surface area contributed by atoms with E-state index in [-0.39, 0.29) is 5.54 Å². The lowest BCUT2D eigenvalue weighted by atomic mass is 9.67.